The highest BCUT2D eigenvalue weighted by Crippen LogP contribution is 2.33. The van der Waals surface area contributed by atoms with Gasteiger partial charge in [0.1, 0.15) is 6.04 Å². The molecule has 0 aromatic heterocycles. The summed E-state index contributed by atoms with van der Waals surface area (Å²) in [6.07, 6.45) is 1.95. The van der Waals surface area contributed by atoms with E-state index < -0.39 is 0 Å². The highest BCUT2D eigenvalue weighted by atomic mass is 16.5. The van der Waals surface area contributed by atoms with Crippen LogP contribution in [0.3, 0.4) is 0 Å². The average molecular weight is 246 g/mol. The van der Waals surface area contributed by atoms with E-state index in [-0.39, 0.29) is 11.9 Å². The van der Waals surface area contributed by atoms with E-state index in [2.05, 4.69) is 10.6 Å². The number of para-hydroxylation sites is 1. The average Bonchev–Trinajstić information content (AvgIpc) is 2.70. The third kappa shape index (κ3) is 2.02. The molecular formula is C14H18N2O2. The van der Waals surface area contributed by atoms with Gasteiger partial charge in [0.2, 0.25) is 5.91 Å². The first-order valence-electron chi connectivity index (χ1n) is 6.50. The van der Waals surface area contributed by atoms with Crippen molar-refractivity contribution in [2.75, 3.05) is 18.5 Å². The molecular weight excluding hydrogens is 228 g/mol. The van der Waals surface area contributed by atoms with Crippen molar-refractivity contribution in [3.05, 3.63) is 29.3 Å². The van der Waals surface area contributed by atoms with Crippen molar-refractivity contribution in [3.63, 3.8) is 0 Å². The Morgan fingerprint density at radius 3 is 2.89 bits per heavy atom. The summed E-state index contributed by atoms with van der Waals surface area (Å²) in [6, 6.07) is 6.23. The Bertz CT molecular complexity index is 467. The van der Waals surface area contributed by atoms with Gasteiger partial charge in [-0.1, -0.05) is 18.2 Å². The Balaban J connectivity index is 1.81. The first-order chi connectivity index (χ1) is 8.75. The van der Waals surface area contributed by atoms with Crippen LogP contribution in [-0.4, -0.2) is 25.2 Å². The standard InChI is InChI=1S/C14H18N2O2/c1-9-3-2-4-11-12(9)16-14(17)13(11)15-10-5-7-18-8-6-10/h2-4,10,13,15H,5-8H2,1H3,(H,16,17). The van der Waals surface area contributed by atoms with E-state index >= 15 is 0 Å². The Morgan fingerprint density at radius 1 is 1.33 bits per heavy atom. The van der Waals surface area contributed by atoms with E-state index in [9.17, 15) is 4.79 Å². The van der Waals surface area contributed by atoms with Gasteiger partial charge in [0.15, 0.2) is 0 Å². The van der Waals surface area contributed by atoms with Crippen LogP contribution in [0.1, 0.15) is 30.0 Å². The van der Waals surface area contributed by atoms with Crippen molar-refractivity contribution in [1.82, 2.24) is 5.32 Å². The summed E-state index contributed by atoms with van der Waals surface area (Å²) in [5.74, 6) is 0.0609. The molecule has 1 fully saturated rings. The zero-order valence-electron chi connectivity index (χ0n) is 10.5. The van der Waals surface area contributed by atoms with Gasteiger partial charge in [-0.25, -0.2) is 0 Å². The first kappa shape index (κ1) is 11.7. The number of rotatable bonds is 2. The summed E-state index contributed by atoms with van der Waals surface area (Å²) in [4.78, 5) is 12.1. The number of fused-ring (bicyclic) bond motifs is 1. The van der Waals surface area contributed by atoms with Gasteiger partial charge in [-0.15, -0.1) is 0 Å². The molecule has 1 aromatic rings. The van der Waals surface area contributed by atoms with Crippen LogP contribution in [0.15, 0.2) is 18.2 Å². The molecule has 2 N–H and O–H groups in total. The van der Waals surface area contributed by atoms with Crippen molar-refractivity contribution < 1.29 is 9.53 Å². The summed E-state index contributed by atoms with van der Waals surface area (Å²) in [7, 11) is 0. The molecule has 0 saturated carbocycles. The monoisotopic (exact) mass is 246 g/mol. The van der Waals surface area contributed by atoms with Crippen LogP contribution in [0.5, 0.6) is 0 Å². The predicted octanol–water partition coefficient (Wildman–Crippen LogP) is 1.76. The number of hydrogen-bond donors (Lipinski definition) is 2. The van der Waals surface area contributed by atoms with Crippen molar-refractivity contribution in [1.29, 1.82) is 0 Å². The number of aryl methyl sites for hydroxylation is 1. The highest BCUT2D eigenvalue weighted by molar-refractivity contribution is 6.03. The third-order valence-electron chi connectivity index (χ3n) is 3.75. The zero-order chi connectivity index (χ0) is 12.5. The van der Waals surface area contributed by atoms with Crippen LogP contribution in [-0.2, 0) is 9.53 Å². The quantitative estimate of drug-likeness (QED) is 0.836. The second kappa shape index (κ2) is 4.71. The van der Waals surface area contributed by atoms with Gasteiger partial charge in [-0.2, -0.15) is 0 Å². The maximum Gasteiger partial charge on any atom is 0.246 e. The lowest BCUT2D eigenvalue weighted by Crippen LogP contribution is -2.39. The fourth-order valence-corrected chi connectivity index (χ4v) is 2.70. The van der Waals surface area contributed by atoms with Gasteiger partial charge < -0.3 is 10.1 Å². The molecule has 1 saturated heterocycles. The normalized spacial score (nSPS) is 23.8. The molecule has 1 atom stereocenters. The minimum absolute atomic E-state index is 0.0609. The zero-order valence-corrected chi connectivity index (χ0v) is 10.5. The van der Waals surface area contributed by atoms with E-state index in [4.69, 9.17) is 4.74 Å². The summed E-state index contributed by atoms with van der Waals surface area (Å²) < 4.78 is 5.34. The van der Waals surface area contributed by atoms with Gasteiger partial charge >= 0.3 is 0 Å². The summed E-state index contributed by atoms with van der Waals surface area (Å²) in [6.45, 7) is 3.59. The van der Waals surface area contributed by atoms with Gasteiger partial charge in [0.05, 0.1) is 0 Å². The largest absolute Gasteiger partial charge is 0.381 e. The Labute approximate surface area is 107 Å². The van der Waals surface area contributed by atoms with Crippen molar-refractivity contribution in [2.24, 2.45) is 0 Å². The molecule has 2 aliphatic heterocycles. The number of carbonyl (C=O) groups is 1. The molecule has 4 heteroatoms. The fourth-order valence-electron chi connectivity index (χ4n) is 2.70. The fraction of sp³-hybridized carbons (Fsp3) is 0.500. The van der Waals surface area contributed by atoms with Crippen molar-refractivity contribution in [2.45, 2.75) is 31.8 Å². The number of hydrogen-bond acceptors (Lipinski definition) is 3. The van der Waals surface area contributed by atoms with E-state index in [1.54, 1.807) is 0 Å². The molecule has 2 aliphatic rings. The number of benzene rings is 1. The number of nitrogens with one attached hydrogen (secondary N) is 2. The van der Waals surface area contributed by atoms with E-state index in [1.165, 1.54) is 0 Å². The lowest BCUT2D eigenvalue weighted by atomic mass is 10.0. The van der Waals surface area contributed by atoms with Crippen LogP contribution >= 0.6 is 0 Å². The maximum atomic E-state index is 12.1. The van der Waals surface area contributed by atoms with Crippen LogP contribution in [0.25, 0.3) is 0 Å². The number of carbonyl (C=O) groups excluding carboxylic acids is 1. The van der Waals surface area contributed by atoms with Crippen LogP contribution < -0.4 is 10.6 Å². The van der Waals surface area contributed by atoms with E-state index in [0.717, 1.165) is 42.9 Å². The van der Waals surface area contributed by atoms with E-state index in [1.807, 2.05) is 25.1 Å². The van der Waals surface area contributed by atoms with Crippen LogP contribution in [0.4, 0.5) is 5.69 Å². The van der Waals surface area contributed by atoms with Gasteiger partial charge in [0.25, 0.3) is 0 Å². The molecule has 0 bridgehead atoms. The Morgan fingerprint density at radius 2 is 2.11 bits per heavy atom. The molecule has 1 amide bonds. The minimum Gasteiger partial charge on any atom is -0.381 e. The summed E-state index contributed by atoms with van der Waals surface area (Å²) in [5.41, 5.74) is 3.18. The van der Waals surface area contributed by atoms with Gasteiger partial charge in [-0.05, 0) is 25.3 Å². The molecule has 18 heavy (non-hydrogen) atoms. The Kier molecular flexibility index (Phi) is 3.06. The first-order valence-corrected chi connectivity index (χ1v) is 6.50. The molecule has 2 heterocycles. The van der Waals surface area contributed by atoms with Gasteiger partial charge in [0, 0.05) is 30.5 Å². The Hall–Kier alpha value is -1.39. The van der Waals surface area contributed by atoms with Crippen molar-refractivity contribution in [3.8, 4) is 0 Å². The molecule has 1 unspecified atom stereocenters. The highest BCUT2D eigenvalue weighted by Gasteiger charge is 2.33. The number of ether oxygens (including phenoxy) is 1. The van der Waals surface area contributed by atoms with Crippen LogP contribution in [0, 0.1) is 6.92 Å². The topological polar surface area (TPSA) is 50.4 Å². The molecule has 0 aliphatic carbocycles. The lowest BCUT2D eigenvalue weighted by molar-refractivity contribution is -0.118. The molecule has 0 radical (unpaired) electrons. The predicted molar refractivity (Wildman–Crippen MR) is 69.5 cm³/mol. The third-order valence-corrected chi connectivity index (χ3v) is 3.75. The molecule has 4 nitrogen and oxygen atoms in total. The maximum absolute atomic E-state index is 12.1. The van der Waals surface area contributed by atoms with E-state index in [0.29, 0.717) is 6.04 Å². The van der Waals surface area contributed by atoms with Crippen LogP contribution in [0.2, 0.25) is 0 Å². The SMILES string of the molecule is Cc1cccc2c1NC(=O)C2NC1CCOCC1. The molecule has 1 aromatic carbocycles. The lowest BCUT2D eigenvalue weighted by Gasteiger charge is -2.25. The molecule has 0 spiro atoms. The molecule has 96 valence electrons. The smallest absolute Gasteiger partial charge is 0.246 e. The summed E-state index contributed by atoms with van der Waals surface area (Å²) in [5, 5.41) is 6.43. The summed E-state index contributed by atoms with van der Waals surface area (Å²) >= 11 is 0. The minimum atomic E-state index is -0.206. The number of anilines is 1. The second-order valence-corrected chi connectivity index (χ2v) is 5.01. The van der Waals surface area contributed by atoms with Crippen molar-refractivity contribution >= 4 is 11.6 Å². The molecule has 3 rings (SSSR count). The number of amides is 1. The van der Waals surface area contributed by atoms with Gasteiger partial charge in [-0.3, -0.25) is 10.1 Å². The second-order valence-electron chi connectivity index (χ2n) is 5.01.